The minimum Gasteiger partial charge on any atom is -0.508 e. The summed E-state index contributed by atoms with van der Waals surface area (Å²) in [6.07, 6.45) is 3.41. The zero-order chi connectivity index (χ0) is 17.7. The lowest BCUT2D eigenvalue weighted by Gasteiger charge is -2.06. The number of phenols is 1. The Bertz CT molecular complexity index is 1330. The smallest absolute Gasteiger partial charge is 0.332 e. The molecule has 0 radical (unpaired) electrons. The van der Waals surface area contributed by atoms with Crippen molar-refractivity contribution in [3.05, 3.63) is 71.4 Å². The minimum absolute atomic E-state index is 0.134. The fourth-order valence-corrected chi connectivity index (χ4v) is 3.17. The van der Waals surface area contributed by atoms with Crippen molar-refractivity contribution in [3.63, 3.8) is 0 Å². The van der Waals surface area contributed by atoms with Gasteiger partial charge in [-0.2, -0.15) is 0 Å². The molecule has 0 aliphatic carbocycles. The van der Waals surface area contributed by atoms with Gasteiger partial charge in [-0.25, -0.2) is 19.3 Å². The summed E-state index contributed by atoms with van der Waals surface area (Å²) in [6, 6.07) is 14.3. The summed E-state index contributed by atoms with van der Waals surface area (Å²) in [4.78, 5) is 27.4. The number of nitrogens with zero attached hydrogens (tertiary/aromatic N) is 3. The Hall–Kier alpha value is -3.87. The highest BCUT2D eigenvalue weighted by Gasteiger charge is 2.15. The highest BCUT2D eigenvalue weighted by Crippen LogP contribution is 2.25. The van der Waals surface area contributed by atoms with E-state index in [1.807, 2.05) is 36.5 Å². The van der Waals surface area contributed by atoms with Crippen LogP contribution < -0.4 is 5.69 Å². The van der Waals surface area contributed by atoms with E-state index >= 15 is 0 Å². The van der Waals surface area contributed by atoms with Gasteiger partial charge >= 0.3 is 5.69 Å². The molecular formula is C19H13N5O2. The van der Waals surface area contributed by atoms with Gasteiger partial charge < -0.3 is 15.1 Å². The van der Waals surface area contributed by atoms with Crippen LogP contribution in [-0.2, 0) is 0 Å². The van der Waals surface area contributed by atoms with Crippen molar-refractivity contribution in [2.24, 2.45) is 0 Å². The van der Waals surface area contributed by atoms with E-state index in [-0.39, 0.29) is 11.4 Å². The lowest BCUT2D eigenvalue weighted by molar-refractivity contribution is 0.475. The third-order valence-corrected chi connectivity index (χ3v) is 4.34. The molecule has 0 aliphatic rings. The van der Waals surface area contributed by atoms with Gasteiger partial charge in [0.1, 0.15) is 11.3 Å². The predicted octanol–water partition coefficient (Wildman–Crippen LogP) is 2.96. The maximum Gasteiger partial charge on any atom is 0.332 e. The molecule has 2 aromatic carbocycles. The fourth-order valence-electron chi connectivity index (χ4n) is 3.17. The van der Waals surface area contributed by atoms with Gasteiger partial charge in [0, 0.05) is 22.7 Å². The number of nitrogens with one attached hydrogen (secondary N) is 2. The van der Waals surface area contributed by atoms with E-state index in [1.54, 1.807) is 29.0 Å². The number of hydrogen-bond donors (Lipinski definition) is 3. The maximum atomic E-state index is 12.6. The summed E-state index contributed by atoms with van der Waals surface area (Å²) in [5, 5.41) is 10.6. The summed E-state index contributed by atoms with van der Waals surface area (Å²) in [6.45, 7) is 0. The minimum atomic E-state index is -0.281. The third-order valence-electron chi connectivity index (χ3n) is 4.34. The van der Waals surface area contributed by atoms with Crippen LogP contribution in [0.5, 0.6) is 5.75 Å². The standard InChI is InChI=1S/C19H13N5O2/c25-12-4-1-3-11(9-12)17-21-10-15-18(23-17)24(19(26)22-15)16-6-2-5-14-13(16)7-8-20-14/h1-10,20,25H,(H,22,26). The largest absolute Gasteiger partial charge is 0.508 e. The van der Waals surface area contributed by atoms with Gasteiger partial charge in [0.2, 0.25) is 0 Å². The van der Waals surface area contributed by atoms with Crippen LogP contribution in [0.4, 0.5) is 0 Å². The van der Waals surface area contributed by atoms with E-state index in [0.717, 1.165) is 16.6 Å². The molecule has 3 aromatic heterocycles. The van der Waals surface area contributed by atoms with Crippen LogP contribution in [-0.4, -0.2) is 29.6 Å². The second kappa shape index (κ2) is 5.32. The van der Waals surface area contributed by atoms with Crippen molar-refractivity contribution in [1.82, 2.24) is 24.5 Å². The normalized spacial score (nSPS) is 11.4. The Labute approximate surface area is 146 Å². The fraction of sp³-hybridized carbons (Fsp3) is 0. The van der Waals surface area contributed by atoms with Gasteiger partial charge in [-0.1, -0.05) is 18.2 Å². The first kappa shape index (κ1) is 14.5. The number of fused-ring (bicyclic) bond motifs is 2. The van der Waals surface area contributed by atoms with Crippen molar-refractivity contribution in [1.29, 1.82) is 0 Å². The molecule has 7 nitrogen and oxygen atoms in total. The summed E-state index contributed by atoms with van der Waals surface area (Å²) in [7, 11) is 0. The molecule has 5 rings (SSSR count). The maximum absolute atomic E-state index is 12.6. The molecule has 5 aromatic rings. The number of aromatic hydroxyl groups is 1. The quantitative estimate of drug-likeness (QED) is 0.459. The zero-order valence-electron chi connectivity index (χ0n) is 13.5. The van der Waals surface area contributed by atoms with E-state index in [2.05, 4.69) is 19.9 Å². The Kier molecular flexibility index (Phi) is 2.96. The molecular weight excluding hydrogens is 330 g/mol. The Morgan fingerprint density at radius 2 is 1.92 bits per heavy atom. The van der Waals surface area contributed by atoms with Crippen molar-refractivity contribution >= 4 is 22.1 Å². The number of H-pyrrole nitrogens is 2. The summed E-state index contributed by atoms with van der Waals surface area (Å²) >= 11 is 0. The van der Waals surface area contributed by atoms with Crippen LogP contribution in [0.1, 0.15) is 0 Å². The van der Waals surface area contributed by atoms with Crippen LogP contribution in [0.3, 0.4) is 0 Å². The van der Waals surface area contributed by atoms with E-state index in [4.69, 9.17) is 0 Å². The first-order chi connectivity index (χ1) is 12.7. The molecule has 0 aliphatic heterocycles. The van der Waals surface area contributed by atoms with Crippen molar-refractivity contribution in [2.45, 2.75) is 0 Å². The molecule has 0 saturated heterocycles. The van der Waals surface area contributed by atoms with Crippen LogP contribution >= 0.6 is 0 Å². The Morgan fingerprint density at radius 1 is 1.04 bits per heavy atom. The molecule has 26 heavy (non-hydrogen) atoms. The molecule has 3 heterocycles. The van der Waals surface area contributed by atoms with E-state index < -0.39 is 0 Å². The number of phenolic OH excluding ortho intramolecular Hbond substituents is 1. The predicted molar refractivity (Wildman–Crippen MR) is 98.4 cm³/mol. The van der Waals surface area contributed by atoms with Crippen LogP contribution in [0.2, 0.25) is 0 Å². The van der Waals surface area contributed by atoms with Gasteiger partial charge in [0.15, 0.2) is 11.5 Å². The summed E-state index contributed by atoms with van der Waals surface area (Å²) in [5.74, 6) is 0.567. The average molecular weight is 343 g/mol. The van der Waals surface area contributed by atoms with Crippen LogP contribution in [0, 0.1) is 0 Å². The van der Waals surface area contributed by atoms with E-state index in [0.29, 0.717) is 22.6 Å². The number of aromatic nitrogens is 5. The molecule has 0 unspecified atom stereocenters. The molecule has 7 heteroatoms. The number of imidazole rings is 1. The zero-order valence-corrected chi connectivity index (χ0v) is 13.5. The van der Waals surface area contributed by atoms with Gasteiger partial charge in [-0.15, -0.1) is 0 Å². The Balaban J connectivity index is 1.81. The first-order valence-electron chi connectivity index (χ1n) is 8.04. The van der Waals surface area contributed by atoms with Gasteiger partial charge in [0.05, 0.1) is 11.9 Å². The molecule has 126 valence electrons. The molecule has 0 atom stereocenters. The second-order valence-electron chi connectivity index (χ2n) is 5.96. The second-order valence-corrected chi connectivity index (χ2v) is 5.96. The third kappa shape index (κ3) is 2.11. The summed E-state index contributed by atoms with van der Waals surface area (Å²) in [5.41, 5.74) is 3.10. The number of aromatic amines is 2. The lowest BCUT2D eigenvalue weighted by Crippen LogP contribution is -2.15. The molecule has 0 bridgehead atoms. The average Bonchev–Trinajstić information content (AvgIpc) is 3.24. The highest BCUT2D eigenvalue weighted by atomic mass is 16.3. The highest BCUT2D eigenvalue weighted by molar-refractivity contribution is 5.90. The van der Waals surface area contributed by atoms with Crippen molar-refractivity contribution in [3.8, 4) is 22.8 Å². The van der Waals surface area contributed by atoms with Crippen molar-refractivity contribution in [2.75, 3.05) is 0 Å². The molecule has 0 fully saturated rings. The van der Waals surface area contributed by atoms with Gasteiger partial charge in [-0.05, 0) is 30.3 Å². The lowest BCUT2D eigenvalue weighted by atomic mass is 10.2. The number of benzene rings is 2. The van der Waals surface area contributed by atoms with Crippen LogP contribution in [0.15, 0.2) is 65.7 Å². The van der Waals surface area contributed by atoms with Crippen LogP contribution in [0.25, 0.3) is 39.1 Å². The topological polar surface area (TPSA) is 99.6 Å². The van der Waals surface area contributed by atoms with E-state index in [1.165, 1.54) is 0 Å². The molecule has 0 spiro atoms. The van der Waals surface area contributed by atoms with Crippen molar-refractivity contribution < 1.29 is 5.11 Å². The molecule has 3 N–H and O–H groups in total. The van der Waals surface area contributed by atoms with Gasteiger partial charge in [0.25, 0.3) is 0 Å². The monoisotopic (exact) mass is 343 g/mol. The molecule has 0 saturated carbocycles. The van der Waals surface area contributed by atoms with E-state index in [9.17, 15) is 9.90 Å². The summed E-state index contributed by atoms with van der Waals surface area (Å²) < 4.78 is 1.54. The Morgan fingerprint density at radius 3 is 2.81 bits per heavy atom. The number of rotatable bonds is 2. The SMILES string of the molecule is O=c1[nH]c2cnc(-c3cccc(O)c3)nc2n1-c1cccc2[nH]ccc12. The first-order valence-corrected chi connectivity index (χ1v) is 8.04. The number of hydrogen-bond acceptors (Lipinski definition) is 4. The molecule has 0 amide bonds. The van der Waals surface area contributed by atoms with Gasteiger partial charge in [-0.3, -0.25) is 0 Å².